The maximum Gasteiger partial charge on any atom is 0.0205 e. The van der Waals surface area contributed by atoms with Crippen LogP contribution < -0.4 is 10.6 Å². The number of rotatable bonds is 8. The molecule has 0 aliphatic carbocycles. The molecule has 0 unspecified atom stereocenters. The lowest BCUT2D eigenvalue weighted by Crippen LogP contribution is -2.21. The highest BCUT2D eigenvalue weighted by molar-refractivity contribution is 5.14. The van der Waals surface area contributed by atoms with Gasteiger partial charge in [0.15, 0.2) is 0 Å². The molecule has 0 heterocycles. The van der Waals surface area contributed by atoms with Crippen LogP contribution in [-0.2, 0) is 6.54 Å². The second-order valence-corrected chi connectivity index (χ2v) is 3.51. The summed E-state index contributed by atoms with van der Waals surface area (Å²) in [5.74, 6) is 0. The van der Waals surface area contributed by atoms with E-state index in [9.17, 15) is 0 Å². The molecule has 0 atom stereocenters. The summed E-state index contributed by atoms with van der Waals surface area (Å²) in [6, 6.07) is 10.5. The van der Waals surface area contributed by atoms with Gasteiger partial charge in [-0.2, -0.15) is 0 Å². The van der Waals surface area contributed by atoms with Gasteiger partial charge >= 0.3 is 0 Å². The molecule has 0 aromatic heterocycles. The fourth-order valence-electron chi connectivity index (χ4n) is 1.37. The maximum absolute atomic E-state index is 3.66. The van der Waals surface area contributed by atoms with Crippen LogP contribution in [0, 0.1) is 0 Å². The molecular weight excluding hydrogens is 184 g/mol. The van der Waals surface area contributed by atoms with E-state index in [4.69, 9.17) is 0 Å². The molecule has 0 fully saturated rings. The predicted octanol–water partition coefficient (Wildman–Crippen LogP) is 1.94. The van der Waals surface area contributed by atoms with Crippen LogP contribution >= 0.6 is 0 Å². The molecule has 0 aliphatic rings. The Morgan fingerprint density at radius 3 is 2.53 bits per heavy atom. The zero-order valence-corrected chi connectivity index (χ0v) is 9.21. The minimum atomic E-state index is 0.901. The van der Waals surface area contributed by atoms with Crippen molar-refractivity contribution in [2.45, 2.75) is 13.0 Å². The van der Waals surface area contributed by atoms with Gasteiger partial charge in [-0.15, -0.1) is 6.58 Å². The number of benzene rings is 1. The zero-order chi connectivity index (χ0) is 10.8. The van der Waals surface area contributed by atoms with Crippen LogP contribution in [0.1, 0.15) is 12.0 Å². The van der Waals surface area contributed by atoms with E-state index in [-0.39, 0.29) is 0 Å². The summed E-state index contributed by atoms with van der Waals surface area (Å²) in [6.07, 6.45) is 3.04. The van der Waals surface area contributed by atoms with Crippen molar-refractivity contribution in [3.8, 4) is 0 Å². The summed E-state index contributed by atoms with van der Waals surface area (Å²) in [7, 11) is 0. The van der Waals surface area contributed by atoms with Gasteiger partial charge in [0.1, 0.15) is 0 Å². The Morgan fingerprint density at radius 2 is 1.80 bits per heavy atom. The molecule has 0 spiro atoms. The van der Waals surface area contributed by atoms with Crippen LogP contribution in [0.15, 0.2) is 43.0 Å². The minimum Gasteiger partial charge on any atom is -0.313 e. The van der Waals surface area contributed by atoms with Gasteiger partial charge in [0.25, 0.3) is 0 Å². The van der Waals surface area contributed by atoms with Crippen molar-refractivity contribution in [1.29, 1.82) is 0 Å². The standard InChI is InChI=1S/C13H20N2/c1-2-9-14-10-6-11-15-12-13-7-4-3-5-8-13/h2-5,7-8,14-15H,1,6,9-12H2. The average Bonchev–Trinajstić information content (AvgIpc) is 2.29. The molecule has 2 heteroatoms. The molecule has 1 aromatic carbocycles. The van der Waals surface area contributed by atoms with Crippen molar-refractivity contribution < 1.29 is 0 Å². The average molecular weight is 204 g/mol. The van der Waals surface area contributed by atoms with Crippen molar-refractivity contribution in [2.24, 2.45) is 0 Å². The number of hydrogen-bond donors (Lipinski definition) is 2. The van der Waals surface area contributed by atoms with Crippen molar-refractivity contribution in [3.63, 3.8) is 0 Å². The van der Waals surface area contributed by atoms with E-state index in [1.165, 1.54) is 5.56 Å². The highest BCUT2D eigenvalue weighted by Crippen LogP contribution is 1.96. The minimum absolute atomic E-state index is 0.901. The third-order valence-corrected chi connectivity index (χ3v) is 2.17. The van der Waals surface area contributed by atoms with Crippen LogP contribution in [0.25, 0.3) is 0 Å². The van der Waals surface area contributed by atoms with Gasteiger partial charge in [0.05, 0.1) is 0 Å². The van der Waals surface area contributed by atoms with Gasteiger partial charge < -0.3 is 10.6 Å². The smallest absolute Gasteiger partial charge is 0.0205 e. The summed E-state index contributed by atoms with van der Waals surface area (Å²) in [5.41, 5.74) is 1.34. The van der Waals surface area contributed by atoms with Crippen LogP contribution in [0.4, 0.5) is 0 Å². The second kappa shape index (κ2) is 8.21. The largest absolute Gasteiger partial charge is 0.313 e. The lowest BCUT2D eigenvalue weighted by molar-refractivity contribution is 0.614. The van der Waals surface area contributed by atoms with E-state index in [1.54, 1.807) is 0 Å². The Kier molecular flexibility index (Phi) is 6.54. The van der Waals surface area contributed by atoms with E-state index in [1.807, 2.05) is 12.1 Å². The lowest BCUT2D eigenvalue weighted by atomic mass is 10.2. The SMILES string of the molecule is C=CCNCCCNCc1ccccc1. The fraction of sp³-hybridized carbons (Fsp3) is 0.385. The molecule has 0 aliphatic heterocycles. The lowest BCUT2D eigenvalue weighted by Gasteiger charge is -2.05. The van der Waals surface area contributed by atoms with Gasteiger partial charge in [0, 0.05) is 13.1 Å². The molecule has 0 amide bonds. The Balaban J connectivity index is 1.95. The third-order valence-electron chi connectivity index (χ3n) is 2.17. The highest BCUT2D eigenvalue weighted by Gasteiger charge is 1.90. The Bertz CT molecular complexity index is 256. The van der Waals surface area contributed by atoms with E-state index >= 15 is 0 Å². The molecule has 15 heavy (non-hydrogen) atoms. The van der Waals surface area contributed by atoms with Crippen LogP contribution in [0.3, 0.4) is 0 Å². The number of nitrogens with one attached hydrogen (secondary N) is 2. The first-order valence-electron chi connectivity index (χ1n) is 5.49. The molecule has 82 valence electrons. The molecule has 0 saturated heterocycles. The van der Waals surface area contributed by atoms with Crippen LogP contribution in [0.5, 0.6) is 0 Å². The topological polar surface area (TPSA) is 24.1 Å². The van der Waals surface area contributed by atoms with Crippen molar-refractivity contribution in [2.75, 3.05) is 19.6 Å². The van der Waals surface area contributed by atoms with E-state index in [2.05, 4.69) is 41.5 Å². The molecule has 2 N–H and O–H groups in total. The summed E-state index contributed by atoms with van der Waals surface area (Å²) in [6.45, 7) is 7.62. The molecule has 1 aromatic rings. The molecule has 0 bridgehead atoms. The molecule has 2 nitrogen and oxygen atoms in total. The summed E-state index contributed by atoms with van der Waals surface area (Å²) >= 11 is 0. The van der Waals surface area contributed by atoms with Crippen molar-refractivity contribution in [1.82, 2.24) is 10.6 Å². The maximum atomic E-state index is 3.66. The summed E-state index contributed by atoms with van der Waals surface area (Å²) < 4.78 is 0. The summed E-state index contributed by atoms with van der Waals surface area (Å²) in [5, 5.41) is 6.69. The first-order chi connectivity index (χ1) is 7.43. The van der Waals surface area contributed by atoms with Crippen LogP contribution in [-0.4, -0.2) is 19.6 Å². The Hall–Kier alpha value is -1.12. The van der Waals surface area contributed by atoms with Gasteiger partial charge in [0.2, 0.25) is 0 Å². The molecular formula is C13H20N2. The zero-order valence-electron chi connectivity index (χ0n) is 9.21. The highest BCUT2D eigenvalue weighted by atomic mass is 14.9. The predicted molar refractivity (Wildman–Crippen MR) is 65.8 cm³/mol. The van der Waals surface area contributed by atoms with Crippen LogP contribution in [0.2, 0.25) is 0 Å². The monoisotopic (exact) mass is 204 g/mol. The normalized spacial score (nSPS) is 10.1. The Morgan fingerprint density at radius 1 is 1.07 bits per heavy atom. The first-order valence-corrected chi connectivity index (χ1v) is 5.49. The van der Waals surface area contributed by atoms with E-state index in [0.717, 1.165) is 32.6 Å². The van der Waals surface area contributed by atoms with E-state index in [0.29, 0.717) is 0 Å². The van der Waals surface area contributed by atoms with Crippen molar-refractivity contribution in [3.05, 3.63) is 48.6 Å². The van der Waals surface area contributed by atoms with Gasteiger partial charge in [-0.3, -0.25) is 0 Å². The molecule has 0 radical (unpaired) electrons. The quantitative estimate of drug-likeness (QED) is 0.499. The van der Waals surface area contributed by atoms with Gasteiger partial charge in [-0.25, -0.2) is 0 Å². The number of hydrogen-bond acceptors (Lipinski definition) is 2. The summed E-state index contributed by atoms with van der Waals surface area (Å²) in [4.78, 5) is 0. The van der Waals surface area contributed by atoms with E-state index < -0.39 is 0 Å². The van der Waals surface area contributed by atoms with Gasteiger partial charge in [-0.1, -0.05) is 36.4 Å². The fourth-order valence-corrected chi connectivity index (χ4v) is 1.37. The second-order valence-electron chi connectivity index (χ2n) is 3.51. The molecule has 0 saturated carbocycles. The Labute approximate surface area is 92.4 Å². The van der Waals surface area contributed by atoms with Crippen molar-refractivity contribution >= 4 is 0 Å². The molecule has 1 rings (SSSR count). The first kappa shape index (κ1) is 12.0. The third kappa shape index (κ3) is 6.05. The van der Waals surface area contributed by atoms with Gasteiger partial charge in [-0.05, 0) is 25.1 Å².